The second kappa shape index (κ2) is 6.08. The third-order valence-electron chi connectivity index (χ3n) is 4.05. The summed E-state index contributed by atoms with van der Waals surface area (Å²) < 4.78 is 0. The largest absolute Gasteiger partial charge is 0.477 e. The molecule has 4 heteroatoms. The number of carbonyl (C=O) groups is 1. The van der Waals surface area contributed by atoms with Crippen LogP contribution >= 0.6 is 0 Å². The highest BCUT2D eigenvalue weighted by molar-refractivity contribution is 5.92. The number of aromatic nitrogens is 1. The zero-order valence-corrected chi connectivity index (χ0v) is 12.8. The number of benzene rings is 2. The van der Waals surface area contributed by atoms with Crippen molar-refractivity contribution in [2.45, 2.75) is 19.8 Å². The Balaban J connectivity index is 2.18. The van der Waals surface area contributed by atoms with E-state index in [0.717, 1.165) is 29.5 Å². The predicted octanol–water partition coefficient (Wildman–Crippen LogP) is 3.38. The molecule has 1 heterocycles. The van der Waals surface area contributed by atoms with E-state index >= 15 is 0 Å². The van der Waals surface area contributed by atoms with Gasteiger partial charge in [-0.1, -0.05) is 37.3 Å². The number of aryl methyl sites for hydroxylation is 1. The van der Waals surface area contributed by atoms with Crippen molar-refractivity contribution in [1.82, 2.24) is 4.98 Å². The average molecular weight is 307 g/mol. The molecular weight excluding hydrogens is 290 g/mol. The highest BCUT2D eigenvalue weighted by atomic mass is 16.4. The molecule has 0 aliphatic heterocycles. The van der Waals surface area contributed by atoms with E-state index in [1.54, 1.807) is 0 Å². The van der Waals surface area contributed by atoms with E-state index in [0.29, 0.717) is 10.9 Å². The van der Waals surface area contributed by atoms with Gasteiger partial charge in [0.15, 0.2) is 0 Å². The van der Waals surface area contributed by atoms with Crippen LogP contribution in [-0.2, 0) is 12.8 Å². The first-order valence-corrected chi connectivity index (χ1v) is 7.54. The van der Waals surface area contributed by atoms with Gasteiger partial charge in [0.05, 0.1) is 0 Å². The quantitative estimate of drug-likeness (QED) is 0.776. The average Bonchev–Trinajstić information content (AvgIpc) is 2.55. The monoisotopic (exact) mass is 307 g/mol. The minimum Gasteiger partial charge on any atom is -0.477 e. The highest BCUT2D eigenvalue weighted by Gasteiger charge is 2.13. The Morgan fingerprint density at radius 2 is 1.87 bits per heavy atom. The molecule has 1 aromatic heterocycles. The van der Waals surface area contributed by atoms with E-state index in [-0.39, 0.29) is 5.56 Å². The first-order chi connectivity index (χ1) is 11.1. The summed E-state index contributed by atoms with van der Waals surface area (Å²) in [6.07, 6.45) is 2.83. The lowest BCUT2D eigenvalue weighted by atomic mass is 9.95. The molecule has 23 heavy (non-hydrogen) atoms. The van der Waals surface area contributed by atoms with E-state index < -0.39 is 11.4 Å². The normalized spacial score (nSPS) is 10.8. The Labute approximate surface area is 133 Å². The van der Waals surface area contributed by atoms with Gasteiger partial charge in [-0.05, 0) is 41.7 Å². The maximum atomic E-state index is 12.4. The first-order valence-electron chi connectivity index (χ1n) is 7.54. The summed E-state index contributed by atoms with van der Waals surface area (Å²) in [6, 6.07) is 13.8. The predicted molar refractivity (Wildman–Crippen MR) is 90.2 cm³/mol. The van der Waals surface area contributed by atoms with Crippen molar-refractivity contribution in [2.75, 3.05) is 0 Å². The summed E-state index contributed by atoms with van der Waals surface area (Å²) >= 11 is 0. The van der Waals surface area contributed by atoms with Gasteiger partial charge < -0.3 is 10.1 Å². The maximum absolute atomic E-state index is 12.4. The molecule has 0 saturated heterocycles. The van der Waals surface area contributed by atoms with Gasteiger partial charge in [0.2, 0.25) is 5.43 Å². The Bertz CT molecular complexity index is 926. The molecule has 0 amide bonds. The molecule has 0 aliphatic carbocycles. The highest BCUT2D eigenvalue weighted by Crippen LogP contribution is 2.20. The molecule has 0 bridgehead atoms. The third-order valence-corrected chi connectivity index (χ3v) is 4.05. The Hall–Kier alpha value is -2.88. The van der Waals surface area contributed by atoms with E-state index in [1.165, 1.54) is 6.20 Å². The van der Waals surface area contributed by atoms with Gasteiger partial charge in [-0.3, -0.25) is 4.79 Å². The number of carboxylic acid groups (broad SMARTS) is 1. The molecule has 0 fully saturated rings. The molecule has 4 nitrogen and oxygen atoms in total. The number of rotatable bonds is 4. The number of aromatic carboxylic acids is 1. The third kappa shape index (κ3) is 2.88. The molecule has 2 aromatic carbocycles. The molecule has 2 N–H and O–H groups in total. The van der Waals surface area contributed by atoms with Crippen LogP contribution in [0.1, 0.15) is 34.0 Å². The molecule has 0 spiro atoms. The Kier molecular flexibility index (Phi) is 3.98. The second-order valence-corrected chi connectivity index (χ2v) is 5.52. The first kappa shape index (κ1) is 15.0. The molecule has 3 aromatic rings. The fourth-order valence-electron chi connectivity index (χ4n) is 2.83. The standard InChI is InChI=1S/C19H17NO3/c1-2-13-10-17-15(18(21)16(11-20-17)19(22)23)9-14(13)8-12-6-4-3-5-7-12/h3-7,9-11H,2,8H2,1H3,(H,20,21)(H,22,23). The fraction of sp³-hybridized carbons (Fsp3) is 0.158. The summed E-state index contributed by atoms with van der Waals surface area (Å²) in [7, 11) is 0. The van der Waals surface area contributed by atoms with Gasteiger partial charge in [-0.2, -0.15) is 0 Å². The van der Waals surface area contributed by atoms with Crippen LogP contribution in [0.25, 0.3) is 10.9 Å². The molecule has 0 atom stereocenters. The summed E-state index contributed by atoms with van der Waals surface area (Å²) in [5.74, 6) is -1.21. The van der Waals surface area contributed by atoms with Gasteiger partial charge >= 0.3 is 5.97 Å². The maximum Gasteiger partial charge on any atom is 0.341 e. The van der Waals surface area contributed by atoms with Crippen molar-refractivity contribution in [3.63, 3.8) is 0 Å². The van der Waals surface area contributed by atoms with Crippen molar-refractivity contribution in [3.05, 3.63) is 81.1 Å². The van der Waals surface area contributed by atoms with E-state index in [2.05, 4.69) is 11.9 Å². The molecule has 0 aliphatic rings. The van der Waals surface area contributed by atoms with Crippen LogP contribution in [0.3, 0.4) is 0 Å². The van der Waals surface area contributed by atoms with Crippen LogP contribution in [-0.4, -0.2) is 16.1 Å². The SMILES string of the molecule is CCc1cc2[nH]cc(C(=O)O)c(=O)c2cc1Cc1ccccc1. The number of carboxylic acids is 1. The number of hydrogen-bond donors (Lipinski definition) is 2. The number of H-pyrrole nitrogens is 1. The van der Waals surface area contributed by atoms with Crippen LogP contribution in [0.15, 0.2) is 53.5 Å². The second-order valence-electron chi connectivity index (χ2n) is 5.52. The van der Waals surface area contributed by atoms with E-state index in [4.69, 9.17) is 5.11 Å². The van der Waals surface area contributed by atoms with Crippen LogP contribution in [0.2, 0.25) is 0 Å². The van der Waals surface area contributed by atoms with Gasteiger partial charge in [0.25, 0.3) is 0 Å². The minimum absolute atomic E-state index is 0.229. The van der Waals surface area contributed by atoms with Crippen molar-refractivity contribution >= 4 is 16.9 Å². The molecular formula is C19H17NO3. The number of pyridine rings is 1. The zero-order chi connectivity index (χ0) is 16.4. The van der Waals surface area contributed by atoms with Crippen molar-refractivity contribution in [1.29, 1.82) is 0 Å². The number of fused-ring (bicyclic) bond motifs is 1. The lowest BCUT2D eigenvalue weighted by Crippen LogP contribution is -2.15. The summed E-state index contributed by atoms with van der Waals surface area (Å²) in [5.41, 5.74) is 3.37. The fourth-order valence-corrected chi connectivity index (χ4v) is 2.83. The summed E-state index contributed by atoms with van der Waals surface area (Å²) in [5, 5.41) is 9.53. The molecule has 0 saturated carbocycles. The summed E-state index contributed by atoms with van der Waals surface area (Å²) in [4.78, 5) is 26.4. The van der Waals surface area contributed by atoms with Crippen LogP contribution in [0.5, 0.6) is 0 Å². The Morgan fingerprint density at radius 3 is 2.52 bits per heavy atom. The van der Waals surface area contributed by atoms with Crippen molar-refractivity contribution in [3.8, 4) is 0 Å². The topological polar surface area (TPSA) is 70.2 Å². The molecule has 116 valence electrons. The van der Waals surface area contributed by atoms with E-state index in [9.17, 15) is 9.59 Å². The van der Waals surface area contributed by atoms with Crippen LogP contribution in [0, 0.1) is 0 Å². The van der Waals surface area contributed by atoms with E-state index in [1.807, 2.05) is 42.5 Å². The van der Waals surface area contributed by atoms with Crippen LogP contribution < -0.4 is 5.43 Å². The smallest absolute Gasteiger partial charge is 0.341 e. The van der Waals surface area contributed by atoms with Gasteiger partial charge in [0.1, 0.15) is 5.56 Å². The van der Waals surface area contributed by atoms with Crippen molar-refractivity contribution in [2.24, 2.45) is 0 Å². The lowest BCUT2D eigenvalue weighted by molar-refractivity contribution is 0.0695. The molecule has 0 radical (unpaired) electrons. The minimum atomic E-state index is -1.21. The molecule has 0 unspecified atom stereocenters. The number of aromatic amines is 1. The molecule has 3 rings (SSSR count). The number of nitrogens with one attached hydrogen (secondary N) is 1. The number of hydrogen-bond acceptors (Lipinski definition) is 2. The van der Waals surface area contributed by atoms with Gasteiger partial charge in [-0.15, -0.1) is 0 Å². The lowest BCUT2D eigenvalue weighted by Gasteiger charge is -2.11. The zero-order valence-electron chi connectivity index (χ0n) is 12.8. The van der Waals surface area contributed by atoms with Gasteiger partial charge in [-0.25, -0.2) is 4.79 Å². The van der Waals surface area contributed by atoms with Gasteiger partial charge in [0, 0.05) is 17.1 Å². The van der Waals surface area contributed by atoms with Crippen molar-refractivity contribution < 1.29 is 9.90 Å². The Morgan fingerprint density at radius 1 is 1.13 bits per heavy atom. The van der Waals surface area contributed by atoms with Crippen LogP contribution in [0.4, 0.5) is 0 Å². The summed E-state index contributed by atoms with van der Waals surface area (Å²) in [6.45, 7) is 2.07.